The van der Waals surface area contributed by atoms with E-state index in [-0.39, 0.29) is 0 Å². The molecule has 0 heterocycles. The average Bonchev–Trinajstić information content (AvgIpc) is 2.10. The number of allylic oxidation sites excluding steroid dienone is 1. The van der Waals surface area contributed by atoms with Crippen LogP contribution in [0, 0.1) is 11.3 Å². The van der Waals surface area contributed by atoms with Gasteiger partial charge in [-0.2, -0.15) is 5.26 Å². The van der Waals surface area contributed by atoms with Crippen LogP contribution in [0.15, 0.2) is 17.4 Å². The third-order valence-electron chi connectivity index (χ3n) is 1.73. The van der Waals surface area contributed by atoms with Gasteiger partial charge in [0.15, 0.2) is 0 Å². The SMILES string of the molecule is CC=C=C(C#N)CCCCCC. The van der Waals surface area contributed by atoms with Gasteiger partial charge in [-0.15, -0.1) is 5.73 Å². The Balaban J connectivity index is 3.62. The van der Waals surface area contributed by atoms with Crippen molar-refractivity contribution in [2.75, 3.05) is 0 Å². The molecule has 0 aliphatic carbocycles. The highest BCUT2D eigenvalue weighted by molar-refractivity contribution is 5.19. The molecular weight excluding hydrogens is 146 g/mol. The van der Waals surface area contributed by atoms with Gasteiger partial charge in [0.25, 0.3) is 0 Å². The minimum atomic E-state index is 0.786. The summed E-state index contributed by atoms with van der Waals surface area (Å²) >= 11 is 0. The van der Waals surface area contributed by atoms with Crippen LogP contribution in [0.1, 0.15) is 46.0 Å². The quantitative estimate of drug-likeness (QED) is 0.345. The Morgan fingerprint density at radius 1 is 1.33 bits per heavy atom. The largest absolute Gasteiger partial charge is 0.192 e. The summed E-state index contributed by atoms with van der Waals surface area (Å²) in [6.45, 7) is 4.08. The van der Waals surface area contributed by atoms with Crippen LogP contribution < -0.4 is 0 Å². The second-order valence-electron chi connectivity index (χ2n) is 2.83. The Hall–Kier alpha value is -0.990. The minimum Gasteiger partial charge on any atom is -0.192 e. The van der Waals surface area contributed by atoms with Gasteiger partial charge in [-0.25, -0.2) is 0 Å². The predicted molar refractivity (Wildman–Crippen MR) is 51.6 cm³/mol. The monoisotopic (exact) mass is 163 g/mol. The molecule has 0 aliphatic rings. The molecule has 0 aromatic rings. The van der Waals surface area contributed by atoms with Crippen LogP contribution in [0.25, 0.3) is 0 Å². The molecule has 66 valence electrons. The molecule has 0 N–H and O–H groups in total. The highest BCUT2D eigenvalue weighted by atomic mass is 14.2. The van der Waals surface area contributed by atoms with Crippen LogP contribution in [-0.4, -0.2) is 0 Å². The lowest BCUT2D eigenvalue weighted by molar-refractivity contribution is 0.669. The van der Waals surface area contributed by atoms with Crippen LogP contribution in [0.5, 0.6) is 0 Å². The van der Waals surface area contributed by atoms with Crippen molar-refractivity contribution in [3.05, 3.63) is 17.4 Å². The van der Waals surface area contributed by atoms with Crippen molar-refractivity contribution in [1.82, 2.24) is 0 Å². The van der Waals surface area contributed by atoms with Crippen LogP contribution in [0.2, 0.25) is 0 Å². The number of unbranched alkanes of at least 4 members (excludes halogenated alkanes) is 3. The molecule has 0 aromatic heterocycles. The fraction of sp³-hybridized carbons (Fsp3) is 0.636. The summed E-state index contributed by atoms with van der Waals surface area (Å²) in [5, 5.41) is 8.64. The van der Waals surface area contributed by atoms with E-state index >= 15 is 0 Å². The van der Waals surface area contributed by atoms with Crippen LogP contribution in [0.3, 0.4) is 0 Å². The molecule has 0 spiro atoms. The molecule has 0 saturated heterocycles. The highest BCUT2D eigenvalue weighted by Crippen LogP contribution is 2.07. The molecule has 0 bridgehead atoms. The molecule has 0 rings (SSSR count). The van der Waals surface area contributed by atoms with Gasteiger partial charge in [0.1, 0.15) is 6.07 Å². The van der Waals surface area contributed by atoms with E-state index in [0.29, 0.717) is 0 Å². The minimum absolute atomic E-state index is 0.786. The number of hydrogen-bond donors (Lipinski definition) is 0. The standard InChI is InChI=1S/C11H17N/c1-3-5-6-7-9-11(10-12)8-4-2/h4H,3,5-7,9H2,1-2H3. The normalized spacial score (nSPS) is 8.42. The van der Waals surface area contributed by atoms with Gasteiger partial charge in [-0.05, 0) is 25.8 Å². The zero-order valence-corrected chi connectivity index (χ0v) is 8.06. The molecule has 0 radical (unpaired) electrons. The second kappa shape index (κ2) is 8.11. The molecule has 0 aromatic carbocycles. The molecule has 0 atom stereocenters. The lowest BCUT2D eigenvalue weighted by Crippen LogP contribution is -1.79. The molecule has 0 unspecified atom stereocenters. The Kier molecular flexibility index (Phi) is 7.44. The molecule has 0 amide bonds. The summed E-state index contributed by atoms with van der Waals surface area (Å²) in [5.74, 6) is 0. The van der Waals surface area contributed by atoms with E-state index in [1.54, 1.807) is 6.08 Å². The zero-order valence-electron chi connectivity index (χ0n) is 8.06. The lowest BCUT2D eigenvalue weighted by Gasteiger charge is -1.95. The van der Waals surface area contributed by atoms with Crippen LogP contribution >= 0.6 is 0 Å². The van der Waals surface area contributed by atoms with E-state index < -0.39 is 0 Å². The van der Waals surface area contributed by atoms with Crippen molar-refractivity contribution in [3.63, 3.8) is 0 Å². The second-order valence-corrected chi connectivity index (χ2v) is 2.83. The Labute approximate surface area is 75.4 Å². The van der Waals surface area contributed by atoms with Crippen molar-refractivity contribution in [2.24, 2.45) is 0 Å². The van der Waals surface area contributed by atoms with Crippen molar-refractivity contribution >= 4 is 0 Å². The van der Waals surface area contributed by atoms with E-state index in [0.717, 1.165) is 18.4 Å². The van der Waals surface area contributed by atoms with Gasteiger partial charge in [-0.3, -0.25) is 0 Å². The maximum atomic E-state index is 8.64. The van der Waals surface area contributed by atoms with Crippen molar-refractivity contribution in [1.29, 1.82) is 5.26 Å². The third-order valence-corrected chi connectivity index (χ3v) is 1.73. The van der Waals surface area contributed by atoms with Gasteiger partial charge >= 0.3 is 0 Å². The Morgan fingerprint density at radius 2 is 2.08 bits per heavy atom. The van der Waals surface area contributed by atoms with Crippen molar-refractivity contribution in [3.8, 4) is 6.07 Å². The van der Waals surface area contributed by atoms with E-state index in [1.807, 2.05) is 6.92 Å². The predicted octanol–water partition coefficient (Wildman–Crippen LogP) is 3.58. The smallest absolute Gasteiger partial charge is 0.103 e. The average molecular weight is 163 g/mol. The van der Waals surface area contributed by atoms with E-state index in [4.69, 9.17) is 5.26 Å². The maximum Gasteiger partial charge on any atom is 0.103 e. The van der Waals surface area contributed by atoms with Gasteiger partial charge in [0, 0.05) is 0 Å². The first-order chi connectivity index (χ1) is 5.85. The molecule has 1 nitrogen and oxygen atoms in total. The Morgan fingerprint density at radius 3 is 2.58 bits per heavy atom. The van der Waals surface area contributed by atoms with Crippen LogP contribution in [-0.2, 0) is 0 Å². The van der Waals surface area contributed by atoms with Gasteiger partial charge < -0.3 is 0 Å². The lowest BCUT2D eigenvalue weighted by atomic mass is 10.1. The number of nitriles is 1. The molecular formula is C11H17N. The summed E-state index contributed by atoms with van der Waals surface area (Å²) in [5.41, 5.74) is 3.73. The van der Waals surface area contributed by atoms with E-state index in [9.17, 15) is 0 Å². The molecule has 1 heteroatoms. The summed E-state index contributed by atoms with van der Waals surface area (Å²) in [6, 6.07) is 2.15. The molecule has 12 heavy (non-hydrogen) atoms. The zero-order chi connectivity index (χ0) is 9.23. The number of nitrogens with zero attached hydrogens (tertiary/aromatic N) is 1. The fourth-order valence-electron chi connectivity index (χ4n) is 1.06. The maximum absolute atomic E-state index is 8.64. The summed E-state index contributed by atoms with van der Waals surface area (Å²) in [6.07, 6.45) is 7.56. The molecule has 0 fully saturated rings. The van der Waals surface area contributed by atoms with Crippen molar-refractivity contribution in [2.45, 2.75) is 46.0 Å². The molecule has 0 aliphatic heterocycles. The highest BCUT2D eigenvalue weighted by Gasteiger charge is 1.93. The van der Waals surface area contributed by atoms with Gasteiger partial charge in [-0.1, -0.05) is 26.2 Å². The van der Waals surface area contributed by atoms with Gasteiger partial charge in [0.05, 0.1) is 5.57 Å². The summed E-state index contributed by atoms with van der Waals surface area (Å²) in [7, 11) is 0. The summed E-state index contributed by atoms with van der Waals surface area (Å²) in [4.78, 5) is 0. The van der Waals surface area contributed by atoms with Gasteiger partial charge in [0.2, 0.25) is 0 Å². The van der Waals surface area contributed by atoms with Crippen LogP contribution in [0.4, 0.5) is 0 Å². The Bertz CT molecular complexity index is 202. The molecule has 0 saturated carbocycles. The summed E-state index contributed by atoms with van der Waals surface area (Å²) < 4.78 is 0. The number of rotatable bonds is 5. The first kappa shape index (κ1) is 11.0. The fourth-order valence-corrected chi connectivity index (χ4v) is 1.06. The van der Waals surface area contributed by atoms with E-state index in [2.05, 4.69) is 18.7 Å². The number of hydrogen-bond acceptors (Lipinski definition) is 1. The topological polar surface area (TPSA) is 23.8 Å². The third kappa shape index (κ3) is 5.77. The van der Waals surface area contributed by atoms with E-state index in [1.165, 1.54) is 19.3 Å². The first-order valence-corrected chi connectivity index (χ1v) is 4.65. The van der Waals surface area contributed by atoms with Crippen molar-refractivity contribution < 1.29 is 0 Å². The first-order valence-electron chi connectivity index (χ1n) is 4.65.